The molecule has 130 valence electrons. The molecule has 0 heterocycles. The smallest absolute Gasteiger partial charge is 0.119 e. The molecule has 0 spiro atoms. The molecule has 0 fully saturated rings. The number of hydrogen-bond acceptors (Lipinski definition) is 3. The van der Waals surface area contributed by atoms with Crippen LogP contribution in [-0.2, 0) is 0 Å². The second-order valence-corrected chi connectivity index (χ2v) is 6.20. The molecule has 0 unspecified atom stereocenters. The van der Waals surface area contributed by atoms with Crippen molar-refractivity contribution in [1.29, 1.82) is 0 Å². The Morgan fingerprint density at radius 2 is 1.42 bits per heavy atom. The van der Waals surface area contributed by atoms with Gasteiger partial charge in [-0.2, -0.15) is 0 Å². The Kier molecular flexibility index (Phi) is 6.98. The number of rotatable bonds is 9. The van der Waals surface area contributed by atoms with Gasteiger partial charge < -0.3 is 14.8 Å². The van der Waals surface area contributed by atoms with Gasteiger partial charge in [0, 0.05) is 5.69 Å². The Bertz CT molecular complexity index is 592. The van der Waals surface area contributed by atoms with E-state index in [0.717, 1.165) is 36.6 Å². The van der Waals surface area contributed by atoms with Crippen molar-refractivity contribution in [2.24, 2.45) is 0 Å². The number of ether oxygens (including phenoxy) is 2. The van der Waals surface area contributed by atoms with Gasteiger partial charge in [-0.05, 0) is 63.1 Å². The third-order valence-electron chi connectivity index (χ3n) is 4.08. The maximum absolute atomic E-state index is 6.04. The summed E-state index contributed by atoms with van der Waals surface area (Å²) in [6.07, 6.45) is 2.35. The third kappa shape index (κ3) is 5.80. The molecule has 0 bridgehead atoms. The predicted octanol–water partition coefficient (Wildman–Crippen LogP) is 5.44. The highest BCUT2D eigenvalue weighted by molar-refractivity contribution is 5.46. The first-order valence-corrected chi connectivity index (χ1v) is 8.84. The van der Waals surface area contributed by atoms with Crippen molar-refractivity contribution in [1.82, 2.24) is 0 Å². The van der Waals surface area contributed by atoms with E-state index in [0.29, 0.717) is 0 Å². The van der Waals surface area contributed by atoms with Gasteiger partial charge in [-0.25, -0.2) is 0 Å². The molecule has 0 aliphatic carbocycles. The van der Waals surface area contributed by atoms with Crippen LogP contribution in [0.2, 0.25) is 0 Å². The van der Waals surface area contributed by atoms with Crippen LogP contribution < -0.4 is 14.8 Å². The lowest BCUT2D eigenvalue weighted by atomic mass is 10.2. The van der Waals surface area contributed by atoms with Crippen LogP contribution in [-0.4, -0.2) is 18.8 Å². The molecule has 3 heteroatoms. The summed E-state index contributed by atoms with van der Waals surface area (Å²) >= 11 is 0. The fourth-order valence-electron chi connectivity index (χ4n) is 2.28. The summed E-state index contributed by atoms with van der Waals surface area (Å²) < 4.78 is 11.8. The van der Waals surface area contributed by atoms with Gasteiger partial charge >= 0.3 is 0 Å². The average Bonchev–Trinajstić information content (AvgIpc) is 2.61. The molecule has 0 saturated heterocycles. The van der Waals surface area contributed by atoms with Crippen LogP contribution >= 0.6 is 0 Å². The summed E-state index contributed by atoms with van der Waals surface area (Å²) in [6, 6.07) is 16.3. The van der Waals surface area contributed by atoms with Gasteiger partial charge in [0.25, 0.3) is 0 Å². The Hall–Kier alpha value is -2.16. The molecular formula is C21H29NO2. The minimum atomic E-state index is 0.142. The van der Waals surface area contributed by atoms with Gasteiger partial charge in [0.05, 0.1) is 12.6 Å². The van der Waals surface area contributed by atoms with Gasteiger partial charge in [-0.3, -0.25) is 0 Å². The average molecular weight is 327 g/mol. The molecule has 2 aromatic carbocycles. The zero-order valence-electron chi connectivity index (χ0n) is 15.2. The highest BCUT2D eigenvalue weighted by atomic mass is 16.5. The van der Waals surface area contributed by atoms with Crippen molar-refractivity contribution < 1.29 is 9.47 Å². The molecule has 2 aromatic rings. The molecule has 0 aliphatic heterocycles. The molecule has 0 radical (unpaired) electrons. The maximum atomic E-state index is 6.04. The van der Waals surface area contributed by atoms with Crippen molar-refractivity contribution >= 4 is 5.69 Å². The highest BCUT2D eigenvalue weighted by Crippen LogP contribution is 2.19. The summed E-state index contributed by atoms with van der Waals surface area (Å²) in [4.78, 5) is 0. The lowest BCUT2D eigenvalue weighted by molar-refractivity contribution is 0.210. The molecule has 0 saturated carbocycles. The minimum absolute atomic E-state index is 0.142. The zero-order valence-corrected chi connectivity index (χ0v) is 15.2. The Morgan fingerprint density at radius 3 is 2.00 bits per heavy atom. The van der Waals surface area contributed by atoms with E-state index in [1.165, 1.54) is 5.56 Å². The Morgan fingerprint density at radius 1 is 0.833 bits per heavy atom. The summed E-state index contributed by atoms with van der Waals surface area (Å²) in [5.74, 6) is 1.84. The fourth-order valence-corrected chi connectivity index (χ4v) is 2.28. The van der Waals surface area contributed by atoms with Gasteiger partial charge in [0.15, 0.2) is 0 Å². The minimum Gasteiger partial charge on any atom is -0.491 e. The number of anilines is 1. The van der Waals surface area contributed by atoms with Crippen LogP contribution in [0.4, 0.5) is 5.69 Å². The number of nitrogens with one attached hydrogen (secondary N) is 1. The van der Waals surface area contributed by atoms with E-state index >= 15 is 0 Å². The number of hydrogen-bond donors (Lipinski definition) is 1. The maximum Gasteiger partial charge on any atom is 0.119 e. The van der Waals surface area contributed by atoms with Crippen LogP contribution in [0.5, 0.6) is 11.5 Å². The van der Waals surface area contributed by atoms with Crippen LogP contribution in [0, 0.1) is 6.92 Å². The van der Waals surface area contributed by atoms with Crippen LogP contribution in [0.15, 0.2) is 48.5 Å². The van der Waals surface area contributed by atoms with E-state index in [1.54, 1.807) is 0 Å². The normalized spacial score (nSPS) is 13.2. The monoisotopic (exact) mass is 327 g/mol. The second kappa shape index (κ2) is 9.21. The number of benzene rings is 2. The lowest BCUT2D eigenvalue weighted by Crippen LogP contribution is -2.25. The Labute approximate surface area is 146 Å². The van der Waals surface area contributed by atoms with E-state index in [-0.39, 0.29) is 12.2 Å². The van der Waals surface area contributed by atoms with Crippen molar-refractivity contribution in [2.45, 2.75) is 52.7 Å². The van der Waals surface area contributed by atoms with Gasteiger partial charge in [-0.15, -0.1) is 0 Å². The SMILES string of the molecule is CC[C@H](CNc1ccc(O[C@@H](C)CC)cc1)Oc1ccc(C)cc1. The summed E-state index contributed by atoms with van der Waals surface area (Å²) in [7, 11) is 0. The van der Waals surface area contributed by atoms with Gasteiger partial charge in [0.1, 0.15) is 17.6 Å². The molecule has 1 N–H and O–H groups in total. The molecule has 0 aromatic heterocycles. The van der Waals surface area contributed by atoms with E-state index < -0.39 is 0 Å². The van der Waals surface area contributed by atoms with Crippen molar-refractivity contribution in [2.75, 3.05) is 11.9 Å². The van der Waals surface area contributed by atoms with Crippen LogP contribution in [0.3, 0.4) is 0 Å². The topological polar surface area (TPSA) is 30.5 Å². The van der Waals surface area contributed by atoms with Crippen molar-refractivity contribution in [3.05, 3.63) is 54.1 Å². The molecule has 24 heavy (non-hydrogen) atoms. The molecule has 3 nitrogen and oxygen atoms in total. The number of aryl methyl sites for hydroxylation is 1. The second-order valence-electron chi connectivity index (χ2n) is 6.20. The first-order chi connectivity index (χ1) is 11.6. The van der Waals surface area contributed by atoms with E-state index in [4.69, 9.17) is 9.47 Å². The Balaban J connectivity index is 1.85. The van der Waals surface area contributed by atoms with E-state index in [1.807, 2.05) is 24.3 Å². The predicted molar refractivity (Wildman–Crippen MR) is 101 cm³/mol. The fraction of sp³-hybridized carbons (Fsp3) is 0.429. The third-order valence-corrected chi connectivity index (χ3v) is 4.08. The van der Waals surface area contributed by atoms with Crippen LogP contribution in [0.25, 0.3) is 0 Å². The molecule has 2 atom stereocenters. The lowest BCUT2D eigenvalue weighted by Gasteiger charge is -2.19. The molecular weight excluding hydrogens is 298 g/mol. The molecule has 0 amide bonds. The molecule has 2 rings (SSSR count). The van der Waals surface area contributed by atoms with Gasteiger partial charge in [0.2, 0.25) is 0 Å². The summed E-state index contributed by atoms with van der Waals surface area (Å²) in [5.41, 5.74) is 2.32. The summed E-state index contributed by atoms with van der Waals surface area (Å²) in [6.45, 7) is 9.21. The van der Waals surface area contributed by atoms with Crippen LogP contribution in [0.1, 0.15) is 39.2 Å². The highest BCUT2D eigenvalue weighted by Gasteiger charge is 2.08. The quantitative estimate of drug-likeness (QED) is 0.665. The van der Waals surface area contributed by atoms with E-state index in [2.05, 4.69) is 57.3 Å². The first-order valence-electron chi connectivity index (χ1n) is 8.84. The largest absolute Gasteiger partial charge is 0.491 e. The van der Waals surface area contributed by atoms with E-state index in [9.17, 15) is 0 Å². The van der Waals surface area contributed by atoms with Crippen molar-refractivity contribution in [3.8, 4) is 11.5 Å². The van der Waals surface area contributed by atoms with Crippen molar-refractivity contribution in [3.63, 3.8) is 0 Å². The first kappa shape index (κ1) is 18.2. The molecule has 0 aliphatic rings. The standard InChI is InChI=1S/C21H29NO2/c1-5-17(4)23-20-13-9-18(10-14-20)22-15-19(6-2)24-21-11-7-16(3)8-12-21/h7-14,17,19,22H,5-6,15H2,1-4H3/t17-,19+/m0/s1. The summed E-state index contributed by atoms with van der Waals surface area (Å²) in [5, 5.41) is 3.44. The zero-order chi connectivity index (χ0) is 17.4. The van der Waals surface area contributed by atoms with Gasteiger partial charge in [-0.1, -0.05) is 31.5 Å².